The van der Waals surface area contributed by atoms with Crippen LogP contribution in [0.1, 0.15) is 26.3 Å². The van der Waals surface area contributed by atoms with E-state index in [0.29, 0.717) is 11.5 Å². The number of benzene rings is 2. The number of hydrogen-bond acceptors (Lipinski definition) is 4. The highest BCUT2D eigenvalue weighted by atomic mass is 16.6. The van der Waals surface area contributed by atoms with E-state index < -0.39 is 4.92 Å². The van der Waals surface area contributed by atoms with Gasteiger partial charge in [-0.1, -0.05) is 32.9 Å². The van der Waals surface area contributed by atoms with Crippen molar-refractivity contribution >= 4 is 11.4 Å². The van der Waals surface area contributed by atoms with Crippen molar-refractivity contribution in [3.05, 3.63) is 58.1 Å². The van der Waals surface area contributed by atoms with E-state index in [-0.39, 0.29) is 16.8 Å². The Bertz CT molecular complexity index is 658. The molecule has 0 fully saturated rings. The van der Waals surface area contributed by atoms with Crippen LogP contribution in [0.3, 0.4) is 0 Å². The highest BCUT2D eigenvalue weighted by molar-refractivity contribution is 5.61. The van der Waals surface area contributed by atoms with E-state index in [4.69, 9.17) is 10.5 Å². The third-order valence-electron chi connectivity index (χ3n) is 3.15. The lowest BCUT2D eigenvalue weighted by Crippen LogP contribution is -2.10. The van der Waals surface area contributed by atoms with E-state index in [9.17, 15) is 10.1 Å². The van der Waals surface area contributed by atoms with E-state index >= 15 is 0 Å². The van der Waals surface area contributed by atoms with Gasteiger partial charge >= 0.3 is 0 Å². The van der Waals surface area contributed by atoms with Crippen molar-refractivity contribution < 1.29 is 9.66 Å². The quantitative estimate of drug-likeness (QED) is 0.519. The smallest absolute Gasteiger partial charge is 0.292 e. The minimum atomic E-state index is -0.517. The van der Waals surface area contributed by atoms with Crippen LogP contribution in [0.5, 0.6) is 11.5 Å². The summed E-state index contributed by atoms with van der Waals surface area (Å²) in [5, 5.41) is 10.7. The lowest BCUT2D eigenvalue weighted by Gasteiger charge is -2.19. The molecule has 0 amide bonds. The molecule has 0 aromatic heterocycles. The Balaban J connectivity index is 2.19. The fourth-order valence-corrected chi connectivity index (χ4v) is 1.92. The molecule has 0 aliphatic carbocycles. The topological polar surface area (TPSA) is 78.4 Å². The van der Waals surface area contributed by atoms with E-state index in [1.54, 1.807) is 0 Å². The van der Waals surface area contributed by atoms with Crippen molar-refractivity contribution in [1.29, 1.82) is 0 Å². The summed E-state index contributed by atoms with van der Waals surface area (Å²) < 4.78 is 5.66. The number of nitrogen functional groups attached to an aromatic ring is 1. The SMILES string of the molecule is CC(C)(C)c1ccc(Oc2ccc([N+](=O)[O-])c(N)c2)cc1. The number of rotatable bonds is 3. The van der Waals surface area contributed by atoms with Crippen LogP contribution in [0.4, 0.5) is 11.4 Å². The maximum Gasteiger partial charge on any atom is 0.292 e. The van der Waals surface area contributed by atoms with Gasteiger partial charge in [0.25, 0.3) is 5.69 Å². The molecule has 21 heavy (non-hydrogen) atoms. The number of ether oxygens (including phenoxy) is 1. The summed E-state index contributed by atoms with van der Waals surface area (Å²) in [6.45, 7) is 6.42. The summed E-state index contributed by atoms with van der Waals surface area (Å²) >= 11 is 0. The van der Waals surface area contributed by atoms with E-state index in [0.717, 1.165) is 0 Å². The van der Waals surface area contributed by atoms with Gasteiger partial charge in [-0.2, -0.15) is 0 Å². The van der Waals surface area contributed by atoms with Gasteiger partial charge < -0.3 is 10.5 Å². The fraction of sp³-hybridized carbons (Fsp3) is 0.250. The molecule has 2 aromatic carbocycles. The number of nitrogens with zero attached hydrogens (tertiary/aromatic N) is 1. The number of anilines is 1. The van der Waals surface area contributed by atoms with Crippen LogP contribution in [0, 0.1) is 10.1 Å². The zero-order valence-corrected chi connectivity index (χ0v) is 12.3. The molecule has 0 bridgehead atoms. The van der Waals surface area contributed by atoms with Crippen LogP contribution >= 0.6 is 0 Å². The zero-order chi connectivity index (χ0) is 15.6. The van der Waals surface area contributed by atoms with Gasteiger partial charge in [0.2, 0.25) is 0 Å². The Kier molecular flexibility index (Phi) is 3.84. The summed E-state index contributed by atoms with van der Waals surface area (Å²) in [7, 11) is 0. The van der Waals surface area contributed by atoms with Crippen LogP contribution in [0.2, 0.25) is 0 Å². The van der Waals surface area contributed by atoms with E-state index in [2.05, 4.69) is 20.8 Å². The largest absolute Gasteiger partial charge is 0.457 e. The summed E-state index contributed by atoms with van der Waals surface area (Å²) in [6.07, 6.45) is 0. The van der Waals surface area contributed by atoms with E-state index in [1.807, 2.05) is 24.3 Å². The Morgan fingerprint density at radius 3 is 2.10 bits per heavy atom. The Hall–Kier alpha value is -2.56. The summed E-state index contributed by atoms with van der Waals surface area (Å²) in [5.74, 6) is 1.14. The first-order valence-corrected chi connectivity index (χ1v) is 6.60. The Morgan fingerprint density at radius 2 is 1.62 bits per heavy atom. The lowest BCUT2D eigenvalue weighted by atomic mass is 9.87. The minimum Gasteiger partial charge on any atom is -0.457 e. The second-order valence-electron chi connectivity index (χ2n) is 5.85. The molecule has 5 nitrogen and oxygen atoms in total. The van der Waals surface area contributed by atoms with Gasteiger partial charge in [0, 0.05) is 12.1 Å². The van der Waals surface area contributed by atoms with Crippen molar-refractivity contribution in [2.45, 2.75) is 26.2 Å². The van der Waals surface area contributed by atoms with Crippen molar-refractivity contribution in [1.82, 2.24) is 0 Å². The molecule has 0 saturated carbocycles. The Morgan fingerprint density at radius 1 is 1.05 bits per heavy atom. The highest BCUT2D eigenvalue weighted by Gasteiger charge is 2.14. The standard InChI is InChI=1S/C16H18N2O3/c1-16(2,3)11-4-6-12(7-5-11)21-13-8-9-15(18(19)20)14(17)10-13/h4-10H,17H2,1-3H3. The molecule has 0 unspecified atom stereocenters. The van der Waals surface area contributed by atoms with Gasteiger partial charge in [-0.3, -0.25) is 10.1 Å². The van der Waals surface area contributed by atoms with Gasteiger partial charge in [-0.25, -0.2) is 0 Å². The minimum absolute atomic E-state index is 0.0797. The Labute approximate surface area is 123 Å². The molecule has 0 heterocycles. The average Bonchev–Trinajstić information content (AvgIpc) is 2.38. The summed E-state index contributed by atoms with van der Waals surface area (Å²) in [5.41, 5.74) is 6.89. The summed E-state index contributed by atoms with van der Waals surface area (Å²) in [6, 6.07) is 12.1. The predicted octanol–water partition coefficient (Wildman–Crippen LogP) is 4.27. The van der Waals surface area contributed by atoms with Gasteiger partial charge in [-0.05, 0) is 29.2 Å². The van der Waals surface area contributed by atoms with Crippen LogP contribution in [-0.4, -0.2) is 4.92 Å². The molecule has 0 radical (unpaired) electrons. The third-order valence-corrected chi connectivity index (χ3v) is 3.15. The van der Waals surface area contributed by atoms with Crippen LogP contribution in [-0.2, 0) is 5.41 Å². The number of nitro groups is 1. The molecule has 2 N–H and O–H groups in total. The first kappa shape index (κ1) is 14.8. The van der Waals surface area contributed by atoms with Crippen molar-refractivity contribution in [2.24, 2.45) is 0 Å². The molecule has 0 aliphatic heterocycles. The molecule has 2 aromatic rings. The third kappa shape index (κ3) is 3.51. The number of hydrogen-bond donors (Lipinski definition) is 1. The molecule has 2 rings (SSSR count). The van der Waals surface area contributed by atoms with Gasteiger partial charge in [0.15, 0.2) is 0 Å². The first-order chi connectivity index (χ1) is 9.77. The fourth-order valence-electron chi connectivity index (χ4n) is 1.92. The first-order valence-electron chi connectivity index (χ1n) is 6.60. The van der Waals surface area contributed by atoms with Crippen LogP contribution in [0.25, 0.3) is 0 Å². The summed E-state index contributed by atoms with van der Waals surface area (Å²) in [4.78, 5) is 10.2. The van der Waals surface area contributed by atoms with Crippen molar-refractivity contribution in [2.75, 3.05) is 5.73 Å². The van der Waals surface area contributed by atoms with Crippen LogP contribution in [0.15, 0.2) is 42.5 Å². The molecular formula is C16H18N2O3. The van der Waals surface area contributed by atoms with E-state index in [1.165, 1.54) is 23.8 Å². The molecule has 0 aliphatic rings. The highest BCUT2D eigenvalue weighted by Crippen LogP contribution is 2.30. The molecule has 110 valence electrons. The zero-order valence-electron chi connectivity index (χ0n) is 12.3. The van der Waals surface area contributed by atoms with Crippen LogP contribution < -0.4 is 10.5 Å². The molecule has 0 saturated heterocycles. The van der Waals surface area contributed by atoms with Gasteiger partial charge in [-0.15, -0.1) is 0 Å². The predicted molar refractivity (Wildman–Crippen MR) is 82.7 cm³/mol. The van der Waals surface area contributed by atoms with Crippen molar-refractivity contribution in [3.63, 3.8) is 0 Å². The maximum absolute atomic E-state index is 10.7. The second kappa shape index (κ2) is 5.44. The maximum atomic E-state index is 10.7. The second-order valence-corrected chi connectivity index (χ2v) is 5.85. The van der Waals surface area contributed by atoms with Crippen molar-refractivity contribution in [3.8, 4) is 11.5 Å². The molecule has 0 spiro atoms. The molecule has 5 heteroatoms. The lowest BCUT2D eigenvalue weighted by molar-refractivity contribution is -0.383. The normalized spacial score (nSPS) is 11.2. The molecule has 0 atom stereocenters. The average molecular weight is 286 g/mol. The van der Waals surface area contributed by atoms with Gasteiger partial charge in [0.1, 0.15) is 17.2 Å². The number of nitrogens with two attached hydrogens (primary N) is 1. The number of nitro benzene ring substituents is 1. The van der Waals surface area contributed by atoms with Gasteiger partial charge in [0.05, 0.1) is 4.92 Å². The molecular weight excluding hydrogens is 268 g/mol. The monoisotopic (exact) mass is 286 g/mol.